The summed E-state index contributed by atoms with van der Waals surface area (Å²) in [4.78, 5) is 0. The summed E-state index contributed by atoms with van der Waals surface area (Å²) in [5.74, 6) is 1.01. The first-order valence-electron chi connectivity index (χ1n) is 6.56. The van der Waals surface area contributed by atoms with Crippen LogP contribution in [-0.2, 0) is 6.42 Å². The van der Waals surface area contributed by atoms with Crippen molar-refractivity contribution in [2.75, 3.05) is 14.2 Å². The van der Waals surface area contributed by atoms with Gasteiger partial charge in [-0.3, -0.25) is 0 Å². The third-order valence-corrected chi connectivity index (χ3v) is 4.60. The van der Waals surface area contributed by atoms with Gasteiger partial charge in [0.15, 0.2) is 0 Å². The molecule has 1 aromatic rings. The van der Waals surface area contributed by atoms with E-state index >= 15 is 0 Å². The highest BCUT2D eigenvalue weighted by Gasteiger charge is 2.35. The van der Waals surface area contributed by atoms with Gasteiger partial charge in [0, 0.05) is 10.5 Å². The average Bonchev–Trinajstić information content (AvgIpc) is 2.71. The largest absolute Gasteiger partial charge is 0.496 e. The van der Waals surface area contributed by atoms with E-state index in [0.29, 0.717) is 11.5 Å². The lowest BCUT2D eigenvalue weighted by Crippen LogP contribution is -2.24. The number of halogens is 1. The molecule has 100 valence electrons. The number of benzene rings is 1. The summed E-state index contributed by atoms with van der Waals surface area (Å²) in [6.45, 7) is 2.39. The highest BCUT2D eigenvalue weighted by Crippen LogP contribution is 2.42. The van der Waals surface area contributed by atoms with E-state index in [0.717, 1.165) is 16.6 Å². The first kappa shape index (κ1) is 13.9. The maximum absolute atomic E-state index is 5.47. The fraction of sp³-hybridized carbons (Fsp3) is 0.600. The standard InChI is InChI=1S/C15H22BrNO/c1-15(7-6-13(10-15)17-2)9-11-8-12(16)4-5-14(11)18-3/h4-5,8,13,17H,6-7,9-10H2,1-3H3. The van der Waals surface area contributed by atoms with Crippen LogP contribution in [0.5, 0.6) is 5.75 Å². The van der Waals surface area contributed by atoms with Crippen molar-refractivity contribution < 1.29 is 4.74 Å². The molecule has 1 N–H and O–H groups in total. The van der Waals surface area contributed by atoms with Crippen molar-refractivity contribution in [1.82, 2.24) is 5.32 Å². The number of ether oxygens (including phenoxy) is 1. The Morgan fingerprint density at radius 1 is 1.50 bits per heavy atom. The van der Waals surface area contributed by atoms with Crippen LogP contribution in [0.3, 0.4) is 0 Å². The quantitative estimate of drug-likeness (QED) is 0.913. The molecule has 2 rings (SSSR count). The number of hydrogen-bond acceptors (Lipinski definition) is 2. The Kier molecular flexibility index (Phi) is 4.33. The molecule has 18 heavy (non-hydrogen) atoms. The predicted octanol–water partition coefficient (Wildman–Crippen LogP) is 3.78. The molecule has 1 aliphatic carbocycles. The minimum Gasteiger partial charge on any atom is -0.496 e. The average molecular weight is 312 g/mol. The number of methoxy groups -OCH3 is 1. The van der Waals surface area contributed by atoms with Gasteiger partial charge < -0.3 is 10.1 Å². The Hall–Kier alpha value is -0.540. The van der Waals surface area contributed by atoms with Gasteiger partial charge in [0.05, 0.1) is 7.11 Å². The van der Waals surface area contributed by atoms with Crippen molar-refractivity contribution in [3.63, 3.8) is 0 Å². The van der Waals surface area contributed by atoms with Gasteiger partial charge in [0.2, 0.25) is 0 Å². The van der Waals surface area contributed by atoms with Crippen molar-refractivity contribution in [3.05, 3.63) is 28.2 Å². The number of rotatable bonds is 4. The second kappa shape index (κ2) is 5.62. The summed E-state index contributed by atoms with van der Waals surface area (Å²) >= 11 is 3.55. The molecule has 2 nitrogen and oxygen atoms in total. The lowest BCUT2D eigenvalue weighted by Gasteiger charge is -2.25. The molecule has 0 heterocycles. The van der Waals surface area contributed by atoms with Crippen LogP contribution < -0.4 is 10.1 Å². The van der Waals surface area contributed by atoms with Crippen LogP contribution in [-0.4, -0.2) is 20.2 Å². The lowest BCUT2D eigenvalue weighted by molar-refractivity contribution is 0.316. The summed E-state index contributed by atoms with van der Waals surface area (Å²) in [6, 6.07) is 6.95. The van der Waals surface area contributed by atoms with E-state index in [4.69, 9.17) is 4.74 Å². The zero-order valence-electron chi connectivity index (χ0n) is 11.4. The van der Waals surface area contributed by atoms with E-state index in [9.17, 15) is 0 Å². The van der Waals surface area contributed by atoms with Crippen LogP contribution in [0.4, 0.5) is 0 Å². The van der Waals surface area contributed by atoms with E-state index in [1.165, 1.54) is 24.8 Å². The predicted molar refractivity (Wildman–Crippen MR) is 79.2 cm³/mol. The summed E-state index contributed by atoms with van der Waals surface area (Å²) in [5.41, 5.74) is 1.70. The molecular formula is C15H22BrNO. The number of hydrogen-bond donors (Lipinski definition) is 1. The van der Waals surface area contributed by atoms with Gasteiger partial charge in [-0.2, -0.15) is 0 Å². The molecule has 1 aliphatic rings. The molecule has 0 radical (unpaired) electrons. The van der Waals surface area contributed by atoms with E-state index in [2.05, 4.69) is 41.3 Å². The molecule has 1 aromatic carbocycles. The van der Waals surface area contributed by atoms with Crippen molar-refractivity contribution >= 4 is 15.9 Å². The van der Waals surface area contributed by atoms with Gasteiger partial charge in [-0.25, -0.2) is 0 Å². The van der Waals surface area contributed by atoms with Gasteiger partial charge >= 0.3 is 0 Å². The zero-order chi connectivity index (χ0) is 13.2. The van der Waals surface area contributed by atoms with Gasteiger partial charge in [-0.15, -0.1) is 0 Å². The van der Waals surface area contributed by atoms with Gasteiger partial charge in [0.1, 0.15) is 5.75 Å². The molecule has 0 bridgehead atoms. The topological polar surface area (TPSA) is 21.3 Å². The number of nitrogens with one attached hydrogen (secondary N) is 1. The Bertz CT molecular complexity index is 421. The summed E-state index contributed by atoms with van der Waals surface area (Å²) in [6.07, 6.45) is 4.91. The van der Waals surface area contributed by atoms with E-state index in [-0.39, 0.29) is 0 Å². The van der Waals surface area contributed by atoms with Gasteiger partial charge in [-0.1, -0.05) is 22.9 Å². The molecule has 1 fully saturated rings. The molecule has 0 amide bonds. The molecule has 0 spiro atoms. The summed E-state index contributed by atoms with van der Waals surface area (Å²) < 4.78 is 6.60. The van der Waals surface area contributed by atoms with Crippen LogP contribution in [0.1, 0.15) is 31.7 Å². The lowest BCUT2D eigenvalue weighted by atomic mass is 9.81. The second-order valence-corrected chi connectivity index (χ2v) is 6.59. The summed E-state index contributed by atoms with van der Waals surface area (Å²) in [7, 11) is 3.82. The first-order valence-corrected chi connectivity index (χ1v) is 7.35. The third-order valence-electron chi connectivity index (χ3n) is 4.10. The minimum atomic E-state index is 0.391. The van der Waals surface area contributed by atoms with Crippen LogP contribution in [0.15, 0.2) is 22.7 Å². The van der Waals surface area contributed by atoms with E-state index in [1.807, 2.05) is 12.1 Å². The van der Waals surface area contributed by atoms with Crippen molar-refractivity contribution in [3.8, 4) is 5.75 Å². The smallest absolute Gasteiger partial charge is 0.122 e. The molecular weight excluding hydrogens is 290 g/mol. The molecule has 2 atom stereocenters. The maximum atomic E-state index is 5.47. The highest BCUT2D eigenvalue weighted by molar-refractivity contribution is 9.10. The highest BCUT2D eigenvalue weighted by atomic mass is 79.9. The molecule has 2 unspecified atom stereocenters. The van der Waals surface area contributed by atoms with Gasteiger partial charge in [-0.05, 0) is 61.9 Å². The molecule has 1 saturated carbocycles. The van der Waals surface area contributed by atoms with E-state index in [1.54, 1.807) is 7.11 Å². The van der Waals surface area contributed by atoms with Crippen molar-refractivity contribution in [2.24, 2.45) is 5.41 Å². The Labute approximate surface area is 118 Å². The molecule has 0 aromatic heterocycles. The van der Waals surface area contributed by atoms with Crippen LogP contribution in [0.2, 0.25) is 0 Å². The maximum Gasteiger partial charge on any atom is 0.122 e. The fourth-order valence-corrected chi connectivity index (χ4v) is 3.48. The van der Waals surface area contributed by atoms with Gasteiger partial charge in [0.25, 0.3) is 0 Å². The van der Waals surface area contributed by atoms with E-state index < -0.39 is 0 Å². The van der Waals surface area contributed by atoms with Crippen LogP contribution in [0, 0.1) is 5.41 Å². The van der Waals surface area contributed by atoms with Crippen molar-refractivity contribution in [2.45, 2.75) is 38.6 Å². The fourth-order valence-electron chi connectivity index (χ4n) is 3.07. The zero-order valence-corrected chi connectivity index (χ0v) is 13.0. The van der Waals surface area contributed by atoms with Crippen LogP contribution >= 0.6 is 15.9 Å². The monoisotopic (exact) mass is 311 g/mol. The second-order valence-electron chi connectivity index (χ2n) is 5.67. The Morgan fingerprint density at radius 2 is 2.28 bits per heavy atom. The molecule has 0 saturated heterocycles. The molecule has 0 aliphatic heterocycles. The van der Waals surface area contributed by atoms with Crippen molar-refractivity contribution in [1.29, 1.82) is 0 Å². The normalized spacial score (nSPS) is 27.4. The van der Waals surface area contributed by atoms with Crippen LogP contribution in [0.25, 0.3) is 0 Å². The summed E-state index contributed by atoms with van der Waals surface area (Å²) in [5, 5.41) is 3.40. The Morgan fingerprint density at radius 3 is 2.89 bits per heavy atom. The Balaban J connectivity index is 2.16. The molecule has 3 heteroatoms. The third kappa shape index (κ3) is 3.07. The first-order chi connectivity index (χ1) is 8.56. The SMILES string of the molecule is CNC1CCC(C)(Cc2cc(Br)ccc2OC)C1. The minimum absolute atomic E-state index is 0.391.